The summed E-state index contributed by atoms with van der Waals surface area (Å²) in [6.07, 6.45) is 6.13. The Bertz CT molecular complexity index is 655. The van der Waals surface area contributed by atoms with Crippen molar-refractivity contribution in [1.82, 2.24) is 0 Å². The van der Waals surface area contributed by atoms with Gasteiger partial charge in [0.25, 0.3) is 0 Å². The van der Waals surface area contributed by atoms with Gasteiger partial charge in [0, 0.05) is 18.2 Å². The molecule has 0 unspecified atom stereocenters. The first-order valence-corrected chi connectivity index (χ1v) is 9.52. The van der Waals surface area contributed by atoms with Crippen molar-refractivity contribution >= 4 is 37.6 Å². The Morgan fingerprint density at radius 2 is 1.95 bits per heavy atom. The fourth-order valence-corrected chi connectivity index (χ4v) is 5.00. The number of anilines is 2. The van der Waals surface area contributed by atoms with Gasteiger partial charge in [0.15, 0.2) is 15.6 Å². The number of Topliss-reactive ketones (excluding diaryl/α,β-unsaturated/α-hetero) is 1. The van der Waals surface area contributed by atoms with Crippen LogP contribution in [0.5, 0.6) is 0 Å². The zero-order chi connectivity index (χ0) is 14.5. The molecular formula is C13H18N2O3S2. The second-order valence-corrected chi connectivity index (χ2v) is 8.66. The molecule has 20 heavy (non-hydrogen) atoms. The van der Waals surface area contributed by atoms with E-state index in [9.17, 15) is 13.2 Å². The molecule has 1 aromatic rings. The lowest BCUT2D eigenvalue weighted by atomic mass is 9.93. The summed E-state index contributed by atoms with van der Waals surface area (Å²) in [5.41, 5.74) is 6.10. The van der Waals surface area contributed by atoms with Gasteiger partial charge < -0.3 is 11.1 Å². The van der Waals surface area contributed by atoms with Gasteiger partial charge >= 0.3 is 0 Å². The van der Waals surface area contributed by atoms with Gasteiger partial charge in [-0.05, 0) is 32.1 Å². The van der Waals surface area contributed by atoms with Gasteiger partial charge in [-0.25, -0.2) is 8.42 Å². The van der Waals surface area contributed by atoms with Crippen molar-refractivity contribution in [2.75, 3.05) is 17.3 Å². The summed E-state index contributed by atoms with van der Waals surface area (Å²) in [6.45, 7) is 0. The van der Waals surface area contributed by atoms with Crippen LogP contribution in [0, 0.1) is 5.92 Å². The molecule has 0 radical (unpaired) electrons. The highest BCUT2D eigenvalue weighted by Crippen LogP contribution is 2.44. The van der Waals surface area contributed by atoms with Gasteiger partial charge in [-0.3, -0.25) is 4.79 Å². The van der Waals surface area contributed by atoms with Crippen LogP contribution in [0.1, 0.15) is 41.8 Å². The number of hydrogen-bond donors (Lipinski definition) is 2. The van der Waals surface area contributed by atoms with E-state index in [-0.39, 0.29) is 22.3 Å². The summed E-state index contributed by atoms with van der Waals surface area (Å²) in [5.74, 6) is 0.0407. The number of sulfone groups is 1. The second-order valence-electron chi connectivity index (χ2n) is 5.69. The zero-order valence-corrected chi connectivity index (χ0v) is 12.9. The number of hydrogen-bond acceptors (Lipinski definition) is 6. The number of nitrogens with two attached hydrogens (primary N) is 1. The lowest BCUT2D eigenvalue weighted by molar-refractivity contribution is 0.0972. The smallest absolute Gasteiger partial charge is 0.180 e. The zero-order valence-electron chi connectivity index (χ0n) is 11.3. The van der Waals surface area contributed by atoms with Crippen molar-refractivity contribution < 1.29 is 13.2 Å². The van der Waals surface area contributed by atoms with E-state index in [1.165, 1.54) is 11.3 Å². The van der Waals surface area contributed by atoms with Gasteiger partial charge in [-0.2, -0.15) is 0 Å². The van der Waals surface area contributed by atoms with Crippen LogP contribution >= 0.6 is 11.3 Å². The molecule has 3 N–H and O–H groups in total. The maximum atomic E-state index is 12.2. The van der Waals surface area contributed by atoms with Gasteiger partial charge in [0.1, 0.15) is 9.90 Å². The highest BCUT2D eigenvalue weighted by Gasteiger charge is 2.36. The van der Waals surface area contributed by atoms with Crippen LogP contribution in [0.4, 0.5) is 10.7 Å². The molecule has 0 aliphatic heterocycles. The van der Waals surface area contributed by atoms with E-state index >= 15 is 0 Å². The van der Waals surface area contributed by atoms with Crippen molar-refractivity contribution in [3.05, 3.63) is 4.88 Å². The highest BCUT2D eigenvalue weighted by atomic mass is 32.2. The van der Waals surface area contributed by atoms with Crippen LogP contribution in [0.15, 0.2) is 4.90 Å². The van der Waals surface area contributed by atoms with Gasteiger partial charge in [-0.15, -0.1) is 11.3 Å². The summed E-state index contributed by atoms with van der Waals surface area (Å²) in [7, 11) is -3.44. The molecule has 1 heterocycles. The largest absolute Gasteiger partial charge is 0.396 e. The van der Waals surface area contributed by atoms with Gasteiger partial charge in [0.05, 0.1) is 10.6 Å². The fraction of sp³-hybridized carbons (Fsp3) is 0.615. The molecule has 5 nitrogen and oxygen atoms in total. The van der Waals surface area contributed by atoms with Crippen LogP contribution in [0.3, 0.4) is 0 Å². The summed E-state index contributed by atoms with van der Waals surface area (Å²) < 4.78 is 23.9. The van der Waals surface area contributed by atoms with E-state index in [0.717, 1.165) is 38.4 Å². The third-order valence-corrected chi connectivity index (χ3v) is 6.33. The summed E-state index contributed by atoms with van der Waals surface area (Å²) in [6, 6.07) is 0.303. The molecular weight excluding hydrogens is 296 g/mol. The number of rotatable bonds is 5. The normalized spacial score (nSPS) is 19.6. The Hall–Kier alpha value is -1.08. The molecule has 0 spiro atoms. The first kappa shape index (κ1) is 13.9. The minimum Gasteiger partial charge on any atom is -0.396 e. The van der Waals surface area contributed by atoms with Crippen molar-refractivity contribution in [2.24, 2.45) is 5.92 Å². The van der Waals surface area contributed by atoms with E-state index in [0.29, 0.717) is 15.9 Å². The van der Waals surface area contributed by atoms with E-state index in [1.54, 1.807) is 0 Å². The Balaban J connectivity index is 2.01. The molecule has 2 aliphatic carbocycles. The molecule has 0 aromatic carbocycles. The van der Waals surface area contributed by atoms with E-state index in [2.05, 4.69) is 5.32 Å². The molecule has 0 atom stereocenters. The molecule has 2 fully saturated rings. The Labute approximate surface area is 122 Å². The summed E-state index contributed by atoms with van der Waals surface area (Å²) >= 11 is 1.20. The average Bonchev–Trinajstić information content (AvgIpc) is 3.06. The van der Waals surface area contributed by atoms with Crippen molar-refractivity contribution in [1.29, 1.82) is 0 Å². The van der Waals surface area contributed by atoms with E-state index in [1.807, 2.05) is 0 Å². The molecule has 0 bridgehead atoms. The monoisotopic (exact) mass is 314 g/mol. The minimum absolute atomic E-state index is 0.000871. The predicted molar refractivity (Wildman–Crippen MR) is 80.2 cm³/mol. The fourth-order valence-electron chi connectivity index (χ4n) is 2.34. The molecule has 7 heteroatoms. The van der Waals surface area contributed by atoms with E-state index < -0.39 is 9.84 Å². The van der Waals surface area contributed by atoms with Gasteiger partial charge in [-0.1, -0.05) is 0 Å². The van der Waals surface area contributed by atoms with Crippen LogP contribution in [-0.4, -0.2) is 26.5 Å². The number of nitrogens with one attached hydrogen (secondary N) is 1. The Morgan fingerprint density at radius 3 is 2.40 bits per heavy atom. The number of carbonyl (C=O) groups excluding carboxylic acids is 1. The number of thiophene rings is 1. The van der Waals surface area contributed by atoms with Crippen molar-refractivity contribution in [2.45, 2.75) is 43.0 Å². The minimum atomic E-state index is -3.44. The maximum absolute atomic E-state index is 12.2. The molecule has 0 saturated heterocycles. The predicted octanol–water partition coefficient (Wildman–Crippen LogP) is 2.29. The molecule has 2 saturated carbocycles. The molecule has 110 valence electrons. The topological polar surface area (TPSA) is 89.3 Å². The standard InChI is InChI=1S/C13H18N2O3S2/c1-20(17,18)12-9(14)11(10(16)7-5-6-7)19-13(12)15-8-3-2-4-8/h7-8,15H,2-6,14H2,1H3. The Morgan fingerprint density at radius 1 is 1.30 bits per heavy atom. The lowest BCUT2D eigenvalue weighted by Crippen LogP contribution is -2.27. The first-order chi connectivity index (χ1) is 9.38. The van der Waals surface area contributed by atoms with Crippen LogP contribution in [0.25, 0.3) is 0 Å². The molecule has 3 rings (SSSR count). The van der Waals surface area contributed by atoms with Crippen molar-refractivity contribution in [3.8, 4) is 0 Å². The number of ketones is 1. The van der Waals surface area contributed by atoms with E-state index in [4.69, 9.17) is 5.73 Å². The second kappa shape index (κ2) is 4.73. The highest BCUT2D eigenvalue weighted by molar-refractivity contribution is 7.91. The maximum Gasteiger partial charge on any atom is 0.180 e. The number of nitrogen functional groups attached to an aromatic ring is 1. The van der Waals surface area contributed by atoms with Crippen molar-refractivity contribution in [3.63, 3.8) is 0 Å². The average molecular weight is 314 g/mol. The third kappa shape index (κ3) is 2.44. The number of carbonyl (C=O) groups is 1. The quantitative estimate of drug-likeness (QED) is 0.814. The third-order valence-electron chi connectivity index (χ3n) is 3.88. The SMILES string of the molecule is CS(=O)(=O)c1c(NC2CCC2)sc(C(=O)C2CC2)c1N. The lowest BCUT2D eigenvalue weighted by Gasteiger charge is -2.27. The van der Waals surface area contributed by atoms with Crippen LogP contribution in [-0.2, 0) is 9.84 Å². The van der Waals surface area contributed by atoms with Crippen LogP contribution in [0.2, 0.25) is 0 Å². The van der Waals surface area contributed by atoms with Crippen LogP contribution < -0.4 is 11.1 Å². The Kier molecular flexibility index (Phi) is 3.29. The summed E-state index contributed by atoms with van der Waals surface area (Å²) in [4.78, 5) is 12.7. The molecule has 1 aromatic heterocycles. The van der Waals surface area contributed by atoms with Gasteiger partial charge in [0.2, 0.25) is 0 Å². The molecule has 2 aliphatic rings. The summed E-state index contributed by atoms with van der Waals surface area (Å²) in [5, 5.41) is 3.78. The molecule has 0 amide bonds. The first-order valence-electron chi connectivity index (χ1n) is 6.81.